The average Bonchev–Trinajstić information content (AvgIpc) is 2.71. The predicted octanol–water partition coefficient (Wildman–Crippen LogP) is 3.12. The first-order chi connectivity index (χ1) is 10.6. The van der Waals surface area contributed by atoms with Gasteiger partial charge in [-0.15, -0.1) is 0 Å². The van der Waals surface area contributed by atoms with Crippen LogP contribution < -0.4 is 10.6 Å². The van der Waals surface area contributed by atoms with Gasteiger partial charge in [-0.2, -0.15) is 0 Å². The summed E-state index contributed by atoms with van der Waals surface area (Å²) in [4.78, 5) is 30.0. The molecule has 1 atom stereocenters. The third-order valence-electron chi connectivity index (χ3n) is 3.92. The Morgan fingerprint density at radius 3 is 2.65 bits per heavy atom. The fourth-order valence-corrected chi connectivity index (χ4v) is 3.21. The molecule has 2 heterocycles. The summed E-state index contributed by atoms with van der Waals surface area (Å²) in [6.07, 6.45) is 1.99. The highest BCUT2D eigenvalue weighted by molar-refractivity contribution is 9.10. The van der Waals surface area contributed by atoms with Crippen molar-refractivity contribution in [3.8, 4) is 0 Å². The molecule has 1 aliphatic heterocycles. The van der Waals surface area contributed by atoms with Gasteiger partial charge >= 0.3 is 6.09 Å². The van der Waals surface area contributed by atoms with Gasteiger partial charge in [-0.3, -0.25) is 9.69 Å². The number of nitrogens with zero attached hydrogens (tertiary/aromatic N) is 2. The molecule has 0 spiro atoms. The standard InChI is InChI=1S/C16H22BrN3O3/c1-5-16(7-12(18)21)9-20(14(22)23-15(2,3)4)13-11(16)6-10(17)8-19-13/h6,8H,5,7,9H2,1-4H3,(H2,18,21). The normalized spacial score (nSPS) is 20.3. The van der Waals surface area contributed by atoms with Gasteiger partial charge in [0.15, 0.2) is 0 Å². The molecule has 2 N–H and O–H groups in total. The summed E-state index contributed by atoms with van der Waals surface area (Å²) in [6.45, 7) is 7.75. The molecule has 7 heteroatoms. The SMILES string of the molecule is CCC1(CC(N)=O)CN(C(=O)OC(C)(C)C)c2ncc(Br)cc21. The molecule has 1 unspecified atom stereocenters. The van der Waals surface area contributed by atoms with Gasteiger partial charge < -0.3 is 10.5 Å². The molecule has 6 nitrogen and oxygen atoms in total. The second-order valence-corrected chi connectivity index (χ2v) is 7.78. The van der Waals surface area contributed by atoms with Gasteiger partial charge in [-0.1, -0.05) is 6.92 Å². The second-order valence-electron chi connectivity index (χ2n) is 6.87. The fraction of sp³-hybridized carbons (Fsp3) is 0.562. The summed E-state index contributed by atoms with van der Waals surface area (Å²) in [5.41, 5.74) is 5.16. The summed E-state index contributed by atoms with van der Waals surface area (Å²) in [5.74, 6) is 0.134. The molecule has 2 amide bonds. The van der Waals surface area contributed by atoms with Crippen LogP contribution in [-0.4, -0.2) is 29.1 Å². The van der Waals surface area contributed by atoms with Crippen LogP contribution in [0.25, 0.3) is 0 Å². The minimum absolute atomic E-state index is 0.161. The number of ether oxygens (including phenoxy) is 1. The third kappa shape index (κ3) is 3.65. The summed E-state index contributed by atoms with van der Waals surface area (Å²) in [6, 6.07) is 1.90. The van der Waals surface area contributed by atoms with E-state index in [0.717, 1.165) is 10.0 Å². The van der Waals surface area contributed by atoms with Crippen molar-refractivity contribution in [2.24, 2.45) is 5.73 Å². The van der Waals surface area contributed by atoms with Crippen molar-refractivity contribution >= 4 is 33.7 Å². The number of halogens is 1. The Hall–Kier alpha value is -1.63. The van der Waals surface area contributed by atoms with Gasteiger partial charge in [-0.05, 0) is 49.2 Å². The molecule has 23 heavy (non-hydrogen) atoms. The highest BCUT2D eigenvalue weighted by Gasteiger charge is 2.46. The zero-order valence-electron chi connectivity index (χ0n) is 13.9. The van der Waals surface area contributed by atoms with Gasteiger partial charge in [0.05, 0.1) is 0 Å². The predicted molar refractivity (Wildman–Crippen MR) is 91.3 cm³/mol. The van der Waals surface area contributed by atoms with Crippen molar-refractivity contribution in [1.82, 2.24) is 4.98 Å². The van der Waals surface area contributed by atoms with Gasteiger partial charge in [0.2, 0.25) is 5.91 Å². The van der Waals surface area contributed by atoms with Crippen LogP contribution in [0.2, 0.25) is 0 Å². The Labute approximate surface area is 144 Å². The summed E-state index contributed by atoms with van der Waals surface area (Å²) in [5, 5.41) is 0. The van der Waals surface area contributed by atoms with Crippen LogP contribution in [0.1, 0.15) is 46.1 Å². The summed E-state index contributed by atoms with van der Waals surface area (Å²) >= 11 is 3.40. The smallest absolute Gasteiger partial charge is 0.416 e. The topological polar surface area (TPSA) is 85.5 Å². The van der Waals surface area contributed by atoms with Crippen LogP contribution in [0, 0.1) is 0 Å². The van der Waals surface area contributed by atoms with Crippen molar-refractivity contribution in [3.05, 3.63) is 22.3 Å². The number of carbonyl (C=O) groups is 2. The maximum Gasteiger partial charge on any atom is 0.416 e. The Morgan fingerprint density at radius 1 is 1.48 bits per heavy atom. The summed E-state index contributed by atoms with van der Waals surface area (Å²) < 4.78 is 6.27. The molecular weight excluding hydrogens is 362 g/mol. The van der Waals surface area contributed by atoms with E-state index in [1.54, 1.807) is 6.20 Å². The minimum Gasteiger partial charge on any atom is -0.443 e. The van der Waals surface area contributed by atoms with Crippen LogP contribution in [0.3, 0.4) is 0 Å². The first-order valence-corrected chi connectivity index (χ1v) is 8.32. The lowest BCUT2D eigenvalue weighted by atomic mass is 9.77. The van der Waals surface area contributed by atoms with Gasteiger partial charge in [0.25, 0.3) is 0 Å². The minimum atomic E-state index is -0.603. The quantitative estimate of drug-likeness (QED) is 0.868. The molecule has 0 aromatic carbocycles. The first-order valence-electron chi connectivity index (χ1n) is 7.53. The number of fused-ring (bicyclic) bond motifs is 1. The average molecular weight is 384 g/mol. The van der Waals surface area contributed by atoms with Crippen molar-refractivity contribution in [3.63, 3.8) is 0 Å². The van der Waals surface area contributed by atoms with Crippen molar-refractivity contribution in [2.45, 2.75) is 51.6 Å². The lowest BCUT2D eigenvalue weighted by molar-refractivity contribution is -0.119. The van der Waals surface area contributed by atoms with Crippen LogP contribution >= 0.6 is 15.9 Å². The van der Waals surface area contributed by atoms with Crippen molar-refractivity contribution in [1.29, 1.82) is 0 Å². The number of pyridine rings is 1. The van der Waals surface area contributed by atoms with E-state index in [1.807, 2.05) is 33.8 Å². The monoisotopic (exact) mass is 383 g/mol. The van der Waals surface area contributed by atoms with Crippen LogP contribution in [0.15, 0.2) is 16.7 Å². The number of anilines is 1. The molecule has 126 valence electrons. The molecule has 2 rings (SSSR count). The van der Waals surface area contributed by atoms with E-state index < -0.39 is 23.0 Å². The van der Waals surface area contributed by atoms with E-state index in [-0.39, 0.29) is 6.42 Å². The Morgan fingerprint density at radius 2 is 2.13 bits per heavy atom. The Bertz CT molecular complexity index is 642. The number of amides is 2. The van der Waals surface area contributed by atoms with Gasteiger partial charge in [0, 0.05) is 34.6 Å². The molecular formula is C16H22BrN3O3. The maximum absolute atomic E-state index is 12.5. The number of primary amides is 1. The first kappa shape index (κ1) is 17.7. The number of aromatic nitrogens is 1. The van der Waals surface area contributed by atoms with Crippen molar-refractivity contribution in [2.75, 3.05) is 11.4 Å². The van der Waals surface area contributed by atoms with E-state index in [4.69, 9.17) is 10.5 Å². The lowest BCUT2D eigenvalue weighted by Crippen LogP contribution is -2.41. The van der Waals surface area contributed by atoms with E-state index in [1.165, 1.54) is 4.90 Å². The Kier molecular flexibility index (Phi) is 4.71. The highest BCUT2D eigenvalue weighted by atomic mass is 79.9. The maximum atomic E-state index is 12.5. The number of nitrogens with two attached hydrogens (primary N) is 1. The molecule has 1 aliphatic rings. The summed E-state index contributed by atoms with van der Waals surface area (Å²) in [7, 11) is 0. The zero-order valence-corrected chi connectivity index (χ0v) is 15.4. The van der Waals surface area contributed by atoms with Crippen molar-refractivity contribution < 1.29 is 14.3 Å². The third-order valence-corrected chi connectivity index (χ3v) is 4.36. The van der Waals surface area contributed by atoms with Crippen LogP contribution in [-0.2, 0) is 14.9 Å². The zero-order chi connectivity index (χ0) is 17.4. The highest BCUT2D eigenvalue weighted by Crippen LogP contribution is 2.45. The number of rotatable bonds is 3. The van der Waals surface area contributed by atoms with Crippen LogP contribution in [0.5, 0.6) is 0 Å². The molecule has 0 saturated heterocycles. The van der Waals surface area contributed by atoms with E-state index in [0.29, 0.717) is 18.8 Å². The second kappa shape index (κ2) is 6.11. The number of hydrogen-bond acceptors (Lipinski definition) is 4. The molecule has 1 aromatic rings. The van der Waals surface area contributed by atoms with Gasteiger partial charge in [0.1, 0.15) is 11.4 Å². The fourth-order valence-electron chi connectivity index (χ4n) is 2.88. The van der Waals surface area contributed by atoms with E-state index in [9.17, 15) is 9.59 Å². The van der Waals surface area contributed by atoms with Crippen LogP contribution in [0.4, 0.5) is 10.6 Å². The number of hydrogen-bond donors (Lipinski definition) is 1. The largest absolute Gasteiger partial charge is 0.443 e. The number of carbonyl (C=O) groups excluding carboxylic acids is 2. The Balaban J connectivity index is 2.47. The van der Waals surface area contributed by atoms with Gasteiger partial charge in [-0.25, -0.2) is 9.78 Å². The molecule has 0 radical (unpaired) electrons. The lowest BCUT2D eigenvalue weighted by Gasteiger charge is -2.28. The van der Waals surface area contributed by atoms with E-state index in [2.05, 4.69) is 20.9 Å². The molecule has 0 bridgehead atoms. The molecule has 0 aliphatic carbocycles. The molecule has 0 saturated carbocycles. The molecule has 0 fully saturated rings. The molecule has 1 aromatic heterocycles. The van der Waals surface area contributed by atoms with E-state index >= 15 is 0 Å².